The standard InChI is InChI=1S/C16H20N4/c1-4-19-13(3)12(2)16(9-10-17)20-15-7-5-14(11-18)6-8-15/h5-10,20H,4,17H2,1-3H3. The average Bonchev–Trinajstić information content (AvgIpc) is 2.47. The van der Waals surface area contributed by atoms with Crippen molar-refractivity contribution in [2.75, 3.05) is 11.9 Å². The molecule has 0 saturated carbocycles. The van der Waals surface area contributed by atoms with E-state index in [0.29, 0.717) is 5.56 Å². The molecule has 104 valence electrons. The quantitative estimate of drug-likeness (QED) is 0.636. The summed E-state index contributed by atoms with van der Waals surface area (Å²) in [6, 6.07) is 9.37. The van der Waals surface area contributed by atoms with Gasteiger partial charge < -0.3 is 11.1 Å². The third kappa shape index (κ3) is 4.29. The van der Waals surface area contributed by atoms with Gasteiger partial charge in [0.15, 0.2) is 0 Å². The van der Waals surface area contributed by atoms with Crippen LogP contribution in [0.5, 0.6) is 0 Å². The lowest BCUT2D eigenvalue weighted by Crippen LogP contribution is -2.06. The molecule has 0 atom stereocenters. The highest BCUT2D eigenvalue weighted by Crippen LogP contribution is 2.15. The Kier molecular flexibility index (Phi) is 6.05. The predicted octanol–water partition coefficient (Wildman–Crippen LogP) is 3.20. The topological polar surface area (TPSA) is 74.2 Å². The van der Waals surface area contributed by atoms with Crippen LogP contribution >= 0.6 is 0 Å². The highest BCUT2D eigenvalue weighted by Gasteiger charge is 2.03. The molecule has 0 aliphatic rings. The highest BCUT2D eigenvalue weighted by molar-refractivity contribution is 5.99. The monoisotopic (exact) mass is 268 g/mol. The lowest BCUT2D eigenvalue weighted by Gasteiger charge is -2.12. The van der Waals surface area contributed by atoms with Gasteiger partial charge in [-0.15, -0.1) is 0 Å². The Morgan fingerprint density at radius 3 is 2.50 bits per heavy atom. The molecule has 0 aliphatic heterocycles. The molecule has 0 heterocycles. The third-order valence-electron chi connectivity index (χ3n) is 2.90. The van der Waals surface area contributed by atoms with Crippen molar-refractivity contribution in [3.05, 3.63) is 53.4 Å². The van der Waals surface area contributed by atoms with Gasteiger partial charge in [0.2, 0.25) is 0 Å². The molecule has 4 nitrogen and oxygen atoms in total. The summed E-state index contributed by atoms with van der Waals surface area (Å²) in [4.78, 5) is 4.40. The van der Waals surface area contributed by atoms with Crippen molar-refractivity contribution < 1.29 is 0 Å². The summed E-state index contributed by atoms with van der Waals surface area (Å²) in [5.41, 5.74) is 9.95. The summed E-state index contributed by atoms with van der Waals surface area (Å²) in [6.45, 7) is 6.73. The molecule has 0 aromatic heterocycles. The van der Waals surface area contributed by atoms with Gasteiger partial charge in [0.05, 0.1) is 11.6 Å². The second-order valence-electron chi connectivity index (χ2n) is 4.27. The smallest absolute Gasteiger partial charge is 0.0991 e. The minimum absolute atomic E-state index is 0.635. The first-order valence-corrected chi connectivity index (χ1v) is 6.50. The molecule has 1 aromatic carbocycles. The molecule has 3 N–H and O–H groups in total. The lowest BCUT2D eigenvalue weighted by molar-refractivity contribution is 1.12. The fourth-order valence-electron chi connectivity index (χ4n) is 1.69. The van der Waals surface area contributed by atoms with E-state index in [1.54, 1.807) is 12.1 Å². The molecule has 0 radical (unpaired) electrons. The van der Waals surface area contributed by atoms with Gasteiger partial charge in [-0.05, 0) is 62.9 Å². The zero-order valence-corrected chi connectivity index (χ0v) is 12.1. The van der Waals surface area contributed by atoms with Crippen molar-refractivity contribution in [2.45, 2.75) is 20.8 Å². The van der Waals surface area contributed by atoms with Crippen LogP contribution in [-0.4, -0.2) is 12.3 Å². The molecule has 20 heavy (non-hydrogen) atoms. The van der Waals surface area contributed by atoms with Crippen molar-refractivity contribution in [3.8, 4) is 6.07 Å². The van der Waals surface area contributed by atoms with E-state index in [4.69, 9.17) is 11.0 Å². The van der Waals surface area contributed by atoms with Crippen LogP contribution in [0.15, 0.2) is 52.8 Å². The number of hydrogen-bond acceptors (Lipinski definition) is 4. The number of nitrogens with zero attached hydrogens (tertiary/aromatic N) is 2. The van der Waals surface area contributed by atoms with E-state index in [9.17, 15) is 0 Å². The van der Waals surface area contributed by atoms with E-state index < -0.39 is 0 Å². The van der Waals surface area contributed by atoms with Crippen molar-refractivity contribution in [1.29, 1.82) is 5.26 Å². The first-order chi connectivity index (χ1) is 9.62. The van der Waals surface area contributed by atoms with E-state index in [-0.39, 0.29) is 0 Å². The summed E-state index contributed by atoms with van der Waals surface area (Å²) in [6.07, 6.45) is 3.30. The Labute approximate surface area is 120 Å². The summed E-state index contributed by atoms with van der Waals surface area (Å²) < 4.78 is 0. The lowest BCUT2D eigenvalue weighted by atomic mass is 10.1. The van der Waals surface area contributed by atoms with Crippen molar-refractivity contribution >= 4 is 11.4 Å². The normalized spacial score (nSPS) is 13.0. The first-order valence-electron chi connectivity index (χ1n) is 6.50. The molecule has 4 heteroatoms. The molecular weight excluding hydrogens is 248 g/mol. The molecular formula is C16H20N4. The minimum atomic E-state index is 0.635. The molecule has 0 fully saturated rings. The van der Waals surface area contributed by atoms with Crippen LogP contribution in [0.4, 0.5) is 5.69 Å². The van der Waals surface area contributed by atoms with E-state index in [0.717, 1.165) is 29.2 Å². The Hall–Kier alpha value is -2.54. The Morgan fingerprint density at radius 1 is 1.35 bits per heavy atom. The van der Waals surface area contributed by atoms with Gasteiger partial charge in [0.1, 0.15) is 0 Å². The number of hydrogen-bond donors (Lipinski definition) is 2. The second kappa shape index (κ2) is 7.80. The third-order valence-corrected chi connectivity index (χ3v) is 2.90. The summed E-state index contributed by atoms with van der Waals surface area (Å²) >= 11 is 0. The minimum Gasteiger partial charge on any atom is -0.405 e. The Bertz CT molecular complexity index is 571. The number of rotatable bonds is 5. The molecule has 0 bridgehead atoms. The zero-order valence-electron chi connectivity index (χ0n) is 12.1. The fraction of sp³-hybridized carbons (Fsp3) is 0.250. The van der Waals surface area contributed by atoms with Crippen molar-refractivity contribution in [3.63, 3.8) is 0 Å². The number of nitrogens with one attached hydrogen (secondary N) is 1. The molecule has 1 aromatic rings. The fourth-order valence-corrected chi connectivity index (χ4v) is 1.69. The van der Waals surface area contributed by atoms with E-state index >= 15 is 0 Å². The highest BCUT2D eigenvalue weighted by atomic mass is 14.9. The Balaban J connectivity index is 3.06. The maximum atomic E-state index is 8.79. The van der Waals surface area contributed by atoms with E-state index in [1.807, 2.05) is 39.0 Å². The zero-order chi connectivity index (χ0) is 15.0. The summed E-state index contributed by atoms with van der Waals surface area (Å²) in [7, 11) is 0. The number of allylic oxidation sites excluding steroid dienone is 2. The molecule has 0 unspecified atom stereocenters. The molecule has 0 spiro atoms. The molecule has 0 amide bonds. The SMILES string of the molecule is CCN=C(C)C(C)=C(C=CN)Nc1ccc(C#N)cc1. The summed E-state index contributed by atoms with van der Waals surface area (Å²) in [5, 5.41) is 12.1. The maximum Gasteiger partial charge on any atom is 0.0991 e. The molecule has 1 rings (SSSR count). The number of anilines is 1. The van der Waals surface area contributed by atoms with Crippen LogP contribution in [0, 0.1) is 11.3 Å². The molecule has 0 aliphatic carbocycles. The predicted molar refractivity (Wildman–Crippen MR) is 84.5 cm³/mol. The number of nitrogens with two attached hydrogens (primary N) is 1. The van der Waals surface area contributed by atoms with Crippen LogP contribution in [0.2, 0.25) is 0 Å². The van der Waals surface area contributed by atoms with Crippen LogP contribution < -0.4 is 11.1 Å². The van der Waals surface area contributed by atoms with Crippen LogP contribution in [0.25, 0.3) is 0 Å². The Morgan fingerprint density at radius 2 is 2.00 bits per heavy atom. The number of aliphatic imine (C=N–C) groups is 1. The number of benzene rings is 1. The van der Waals surface area contributed by atoms with Crippen LogP contribution in [-0.2, 0) is 0 Å². The average molecular weight is 268 g/mol. The van der Waals surface area contributed by atoms with E-state index in [1.165, 1.54) is 6.20 Å². The largest absolute Gasteiger partial charge is 0.405 e. The number of nitriles is 1. The molecule has 0 saturated heterocycles. The van der Waals surface area contributed by atoms with Gasteiger partial charge >= 0.3 is 0 Å². The van der Waals surface area contributed by atoms with Gasteiger partial charge in [0, 0.05) is 23.6 Å². The van der Waals surface area contributed by atoms with Crippen molar-refractivity contribution in [1.82, 2.24) is 0 Å². The van der Waals surface area contributed by atoms with Gasteiger partial charge in [0.25, 0.3) is 0 Å². The van der Waals surface area contributed by atoms with E-state index in [2.05, 4.69) is 16.4 Å². The summed E-state index contributed by atoms with van der Waals surface area (Å²) in [5.74, 6) is 0. The second-order valence-corrected chi connectivity index (χ2v) is 4.27. The van der Waals surface area contributed by atoms with Gasteiger partial charge in [-0.1, -0.05) is 0 Å². The van der Waals surface area contributed by atoms with Crippen molar-refractivity contribution in [2.24, 2.45) is 10.7 Å². The van der Waals surface area contributed by atoms with Crippen LogP contribution in [0.3, 0.4) is 0 Å². The van der Waals surface area contributed by atoms with Gasteiger partial charge in [-0.25, -0.2) is 0 Å². The van der Waals surface area contributed by atoms with Gasteiger partial charge in [-0.2, -0.15) is 5.26 Å². The van der Waals surface area contributed by atoms with Crippen LogP contribution in [0.1, 0.15) is 26.3 Å². The van der Waals surface area contributed by atoms with Gasteiger partial charge in [-0.3, -0.25) is 4.99 Å². The maximum absolute atomic E-state index is 8.79. The first kappa shape index (κ1) is 15.5.